The highest BCUT2D eigenvalue weighted by Crippen LogP contribution is 2.43. The minimum atomic E-state index is -0.219. The van der Waals surface area contributed by atoms with Crippen molar-refractivity contribution in [3.8, 4) is 22.3 Å². The van der Waals surface area contributed by atoms with Gasteiger partial charge in [0.25, 0.3) is 0 Å². The summed E-state index contributed by atoms with van der Waals surface area (Å²) in [6.45, 7) is 4.42. The standard InChI is InChI=1S/C28H22O/c1-28(2)25-15-13-21(19-9-5-3-6-10-19)17-23(25)27(29)24-18-22(14-16-26(24)28)20-11-7-4-8-12-20/h3-18H,1-2H3. The monoisotopic (exact) mass is 374 g/mol. The summed E-state index contributed by atoms with van der Waals surface area (Å²) in [5, 5.41) is 0. The van der Waals surface area contributed by atoms with Crippen molar-refractivity contribution in [2.75, 3.05) is 0 Å². The van der Waals surface area contributed by atoms with Crippen LogP contribution >= 0.6 is 0 Å². The number of rotatable bonds is 2. The van der Waals surface area contributed by atoms with E-state index in [0.717, 1.165) is 44.5 Å². The fourth-order valence-corrected chi connectivity index (χ4v) is 4.46. The van der Waals surface area contributed by atoms with Crippen LogP contribution in [0.3, 0.4) is 0 Å². The summed E-state index contributed by atoms with van der Waals surface area (Å²) in [5.41, 5.74) is 8.03. The van der Waals surface area contributed by atoms with Gasteiger partial charge in [-0.15, -0.1) is 0 Å². The van der Waals surface area contributed by atoms with Crippen LogP contribution in [-0.4, -0.2) is 5.78 Å². The van der Waals surface area contributed by atoms with Crippen molar-refractivity contribution in [1.29, 1.82) is 0 Å². The minimum absolute atomic E-state index is 0.116. The smallest absolute Gasteiger partial charge is 0.193 e. The normalized spacial score (nSPS) is 14.2. The quantitative estimate of drug-likeness (QED) is 0.373. The van der Waals surface area contributed by atoms with Crippen LogP contribution in [0.25, 0.3) is 22.3 Å². The van der Waals surface area contributed by atoms with Crippen molar-refractivity contribution in [1.82, 2.24) is 0 Å². The third-order valence-electron chi connectivity index (χ3n) is 6.09. The molecule has 1 nitrogen and oxygen atoms in total. The lowest BCUT2D eigenvalue weighted by Gasteiger charge is -2.35. The molecule has 0 fully saturated rings. The highest BCUT2D eigenvalue weighted by Gasteiger charge is 2.37. The van der Waals surface area contributed by atoms with Crippen molar-refractivity contribution in [3.63, 3.8) is 0 Å². The van der Waals surface area contributed by atoms with E-state index in [1.807, 2.05) is 36.4 Å². The van der Waals surface area contributed by atoms with E-state index >= 15 is 0 Å². The van der Waals surface area contributed by atoms with Gasteiger partial charge in [0.2, 0.25) is 0 Å². The Morgan fingerprint density at radius 1 is 0.517 bits per heavy atom. The largest absolute Gasteiger partial charge is 0.289 e. The van der Waals surface area contributed by atoms with Gasteiger partial charge >= 0.3 is 0 Å². The Bertz CT molecular complexity index is 1120. The Morgan fingerprint density at radius 3 is 1.34 bits per heavy atom. The number of carbonyl (C=O) groups is 1. The van der Waals surface area contributed by atoms with Gasteiger partial charge in [-0.25, -0.2) is 0 Å². The molecule has 1 aliphatic carbocycles. The zero-order valence-corrected chi connectivity index (χ0v) is 16.6. The molecule has 4 aromatic rings. The van der Waals surface area contributed by atoms with E-state index in [1.54, 1.807) is 0 Å². The topological polar surface area (TPSA) is 17.1 Å². The van der Waals surface area contributed by atoms with Crippen molar-refractivity contribution in [3.05, 3.63) is 119 Å². The summed E-state index contributed by atoms with van der Waals surface area (Å²) in [5.74, 6) is 0.116. The van der Waals surface area contributed by atoms with Gasteiger partial charge < -0.3 is 0 Å². The summed E-state index contributed by atoms with van der Waals surface area (Å²) in [6, 6.07) is 33.1. The second kappa shape index (κ2) is 6.56. The van der Waals surface area contributed by atoms with Crippen LogP contribution in [-0.2, 0) is 5.41 Å². The summed E-state index contributed by atoms with van der Waals surface area (Å²) >= 11 is 0. The molecule has 0 aliphatic heterocycles. The third kappa shape index (κ3) is 2.82. The molecule has 0 aromatic heterocycles. The first-order chi connectivity index (χ1) is 14.1. The SMILES string of the molecule is CC1(C)c2ccc(-c3ccccc3)cc2C(=O)c2cc(-c3ccccc3)ccc21. The fraction of sp³-hybridized carbons (Fsp3) is 0.107. The number of benzene rings is 4. The average Bonchev–Trinajstić information content (AvgIpc) is 2.78. The van der Waals surface area contributed by atoms with Crippen LogP contribution in [0.4, 0.5) is 0 Å². The summed E-state index contributed by atoms with van der Waals surface area (Å²) in [7, 11) is 0. The first-order valence-corrected chi connectivity index (χ1v) is 10.0. The maximum absolute atomic E-state index is 13.6. The van der Waals surface area contributed by atoms with E-state index in [0.29, 0.717) is 0 Å². The highest BCUT2D eigenvalue weighted by molar-refractivity contribution is 6.14. The molecule has 0 unspecified atom stereocenters. The molecule has 0 amide bonds. The van der Waals surface area contributed by atoms with E-state index < -0.39 is 0 Å². The number of fused-ring (bicyclic) bond motifs is 2. The Hall–Kier alpha value is -3.45. The van der Waals surface area contributed by atoms with Crippen LogP contribution in [0.5, 0.6) is 0 Å². The molecule has 0 heterocycles. The maximum Gasteiger partial charge on any atom is 0.193 e. The van der Waals surface area contributed by atoms with Gasteiger partial charge in [0, 0.05) is 16.5 Å². The fourth-order valence-electron chi connectivity index (χ4n) is 4.46. The van der Waals surface area contributed by atoms with Crippen molar-refractivity contribution in [2.24, 2.45) is 0 Å². The molecule has 0 spiro atoms. The molecule has 0 saturated carbocycles. The molecule has 1 heteroatoms. The van der Waals surface area contributed by atoms with Gasteiger partial charge in [0.15, 0.2) is 5.78 Å². The summed E-state index contributed by atoms with van der Waals surface area (Å²) < 4.78 is 0. The molecule has 0 atom stereocenters. The van der Waals surface area contributed by atoms with Crippen LogP contribution in [0, 0.1) is 0 Å². The Kier molecular flexibility index (Phi) is 3.99. The van der Waals surface area contributed by atoms with Crippen molar-refractivity contribution >= 4 is 5.78 Å². The maximum atomic E-state index is 13.6. The Morgan fingerprint density at radius 2 is 0.931 bits per heavy atom. The van der Waals surface area contributed by atoms with Crippen molar-refractivity contribution < 1.29 is 4.79 Å². The van der Waals surface area contributed by atoms with Crippen molar-refractivity contribution in [2.45, 2.75) is 19.3 Å². The zero-order valence-electron chi connectivity index (χ0n) is 16.6. The van der Waals surface area contributed by atoms with E-state index in [9.17, 15) is 4.79 Å². The predicted molar refractivity (Wildman–Crippen MR) is 119 cm³/mol. The molecular weight excluding hydrogens is 352 g/mol. The van der Waals surface area contributed by atoms with E-state index in [-0.39, 0.29) is 11.2 Å². The molecule has 29 heavy (non-hydrogen) atoms. The van der Waals surface area contributed by atoms with Gasteiger partial charge in [0.05, 0.1) is 0 Å². The Balaban J connectivity index is 1.68. The lowest BCUT2D eigenvalue weighted by molar-refractivity contribution is 0.103. The van der Waals surface area contributed by atoms with Gasteiger partial charge in [-0.2, -0.15) is 0 Å². The second-order valence-electron chi connectivity index (χ2n) is 8.21. The number of ketones is 1. The second-order valence-corrected chi connectivity index (χ2v) is 8.21. The molecule has 140 valence electrons. The van der Waals surface area contributed by atoms with E-state index in [1.165, 1.54) is 0 Å². The van der Waals surface area contributed by atoms with E-state index in [4.69, 9.17) is 0 Å². The molecule has 1 aliphatic rings. The first kappa shape index (κ1) is 17.6. The third-order valence-corrected chi connectivity index (χ3v) is 6.09. The van der Waals surface area contributed by atoms with Gasteiger partial charge in [-0.1, -0.05) is 98.8 Å². The molecule has 0 bridgehead atoms. The molecule has 5 rings (SSSR count). The molecule has 0 N–H and O–H groups in total. The molecule has 0 radical (unpaired) electrons. The van der Waals surface area contributed by atoms with Gasteiger partial charge in [-0.3, -0.25) is 4.79 Å². The highest BCUT2D eigenvalue weighted by atomic mass is 16.1. The van der Waals surface area contributed by atoms with Crippen LogP contribution < -0.4 is 0 Å². The summed E-state index contributed by atoms with van der Waals surface area (Å²) in [6.07, 6.45) is 0. The number of hydrogen-bond acceptors (Lipinski definition) is 1. The van der Waals surface area contributed by atoms with Crippen LogP contribution in [0.2, 0.25) is 0 Å². The molecular formula is C28H22O. The number of carbonyl (C=O) groups excluding carboxylic acids is 1. The summed E-state index contributed by atoms with van der Waals surface area (Å²) in [4.78, 5) is 13.6. The van der Waals surface area contributed by atoms with Crippen LogP contribution in [0.1, 0.15) is 40.9 Å². The molecule has 4 aromatic carbocycles. The number of hydrogen-bond donors (Lipinski definition) is 0. The van der Waals surface area contributed by atoms with Gasteiger partial charge in [-0.05, 0) is 45.5 Å². The molecule has 0 saturated heterocycles. The average molecular weight is 374 g/mol. The van der Waals surface area contributed by atoms with Gasteiger partial charge in [0.1, 0.15) is 0 Å². The lowest BCUT2D eigenvalue weighted by atomic mass is 9.67. The minimum Gasteiger partial charge on any atom is -0.289 e. The first-order valence-electron chi connectivity index (χ1n) is 10.0. The predicted octanol–water partition coefficient (Wildman–Crippen LogP) is 6.89. The van der Waals surface area contributed by atoms with E-state index in [2.05, 4.69) is 74.5 Å². The van der Waals surface area contributed by atoms with Crippen LogP contribution in [0.15, 0.2) is 97.1 Å². The lowest BCUT2D eigenvalue weighted by Crippen LogP contribution is -2.30. The zero-order chi connectivity index (χ0) is 20.0. The Labute approximate surface area is 171 Å².